The van der Waals surface area contributed by atoms with Gasteiger partial charge in [-0.05, 0) is 44.1 Å². The van der Waals surface area contributed by atoms with Crippen molar-refractivity contribution in [3.63, 3.8) is 0 Å². The molecule has 1 unspecified atom stereocenters. The number of anilines is 1. The van der Waals surface area contributed by atoms with Gasteiger partial charge in [-0.25, -0.2) is 4.79 Å². The lowest BCUT2D eigenvalue weighted by molar-refractivity contribution is 0.0698. The van der Waals surface area contributed by atoms with Crippen molar-refractivity contribution in [2.24, 2.45) is 5.92 Å². The Kier molecular flexibility index (Phi) is 4.09. The number of carboxylic acid groups (broad SMARTS) is 1. The molecule has 1 heterocycles. The lowest BCUT2D eigenvalue weighted by Gasteiger charge is -2.14. The molecule has 18 heavy (non-hydrogen) atoms. The van der Waals surface area contributed by atoms with E-state index >= 15 is 0 Å². The molecular weight excluding hydrogens is 252 g/mol. The highest BCUT2D eigenvalue weighted by Crippen LogP contribution is 2.22. The van der Waals surface area contributed by atoms with Crippen LogP contribution in [-0.4, -0.2) is 42.7 Å². The SMILES string of the molecule is CN1CCC(CNc2ccc(Cl)cc2C(=O)O)C1. The summed E-state index contributed by atoms with van der Waals surface area (Å²) in [5, 5.41) is 12.8. The highest BCUT2D eigenvalue weighted by molar-refractivity contribution is 6.31. The Hall–Kier alpha value is -1.26. The molecule has 1 atom stereocenters. The van der Waals surface area contributed by atoms with Crippen LogP contribution in [0.2, 0.25) is 5.02 Å². The van der Waals surface area contributed by atoms with Crippen LogP contribution in [0.1, 0.15) is 16.8 Å². The number of benzene rings is 1. The van der Waals surface area contributed by atoms with Crippen molar-refractivity contribution in [2.75, 3.05) is 32.0 Å². The van der Waals surface area contributed by atoms with Gasteiger partial charge in [-0.3, -0.25) is 0 Å². The molecule has 0 aliphatic carbocycles. The van der Waals surface area contributed by atoms with Crippen LogP contribution in [0.5, 0.6) is 0 Å². The van der Waals surface area contributed by atoms with Gasteiger partial charge in [0.15, 0.2) is 0 Å². The zero-order valence-corrected chi connectivity index (χ0v) is 11.1. The molecule has 1 saturated heterocycles. The first-order valence-electron chi connectivity index (χ1n) is 6.01. The summed E-state index contributed by atoms with van der Waals surface area (Å²) in [6.45, 7) is 2.97. The van der Waals surface area contributed by atoms with E-state index in [2.05, 4.69) is 17.3 Å². The van der Waals surface area contributed by atoms with Crippen LogP contribution in [0.25, 0.3) is 0 Å². The van der Waals surface area contributed by atoms with E-state index in [1.54, 1.807) is 12.1 Å². The number of likely N-dealkylation sites (tertiary alicyclic amines) is 1. The lowest BCUT2D eigenvalue weighted by atomic mass is 10.1. The van der Waals surface area contributed by atoms with Crippen molar-refractivity contribution in [1.29, 1.82) is 0 Å². The Bertz CT molecular complexity index is 451. The summed E-state index contributed by atoms with van der Waals surface area (Å²) < 4.78 is 0. The van der Waals surface area contributed by atoms with Crippen molar-refractivity contribution >= 4 is 23.3 Å². The van der Waals surface area contributed by atoms with Gasteiger partial charge in [0.2, 0.25) is 0 Å². The fraction of sp³-hybridized carbons (Fsp3) is 0.462. The summed E-state index contributed by atoms with van der Waals surface area (Å²) in [7, 11) is 2.10. The third-order valence-electron chi connectivity index (χ3n) is 3.28. The number of aromatic carboxylic acids is 1. The second-order valence-electron chi connectivity index (χ2n) is 4.79. The van der Waals surface area contributed by atoms with Crippen LogP contribution in [0.4, 0.5) is 5.69 Å². The smallest absolute Gasteiger partial charge is 0.337 e. The van der Waals surface area contributed by atoms with E-state index in [0.29, 0.717) is 16.6 Å². The van der Waals surface area contributed by atoms with E-state index in [1.165, 1.54) is 6.07 Å². The van der Waals surface area contributed by atoms with Crippen LogP contribution in [0.3, 0.4) is 0 Å². The average molecular weight is 269 g/mol. The molecule has 5 heteroatoms. The Balaban J connectivity index is 2.02. The normalized spacial score (nSPS) is 20.0. The first-order valence-corrected chi connectivity index (χ1v) is 6.39. The van der Waals surface area contributed by atoms with Gasteiger partial charge >= 0.3 is 5.97 Å². The molecule has 1 aromatic carbocycles. The van der Waals surface area contributed by atoms with Crippen LogP contribution in [0.15, 0.2) is 18.2 Å². The molecule has 2 rings (SSSR count). The summed E-state index contributed by atoms with van der Waals surface area (Å²) in [5.41, 5.74) is 0.871. The standard InChI is InChI=1S/C13H17ClN2O2/c1-16-5-4-9(8-16)7-15-12-3-2-10(14)6-11(12)13(17)18/h2-3,6,9,15H,4-5,7-8H2,1H3,(H,17,18). The lowest BCUT2D eigenvalue weighted by Crippen LogP contribution is -2.19. The Morgan fingerprint density at radius 2 is 2.39 bits per heavy atom. The minimum Gasteiger partial charge on any atom is -0.478 e. The number of hydrogen-bond acceptors (Lipinski definition) is 3. The summed E-state index contributed by atoms with van der Waals surface area (Å²) >= 11 is 5.81. The first-order chi connectivity index (χ1) is 8.56. The molecule has 4 nitrogen and oxygen atoms in total. The molecule has 0 saturated carbocycles. The summed E-state index contributed by atoms with van der Waals surface area (Å²) in [6, 6.07) is 4.91. The summed E-state index contributed by atoms with van der Waals surface area (Å²) in [4.78, 5) is 13.4. The minimum absolute atomic E-state index is 0.230. The first kappa shape index (κ1) is 13.2. The molecule has 0 aromatic heterocycles. The molecule has 1 aromatic rings. The van der Waals surface area contributed by atoms with E-state index in [0.717, 1.165) is 26.1 Å². The number of nitrogens with one attached hydrogen (secondary N) is 1. The fourth-order valence-corrected chi connectivity index (χ4v) is 2.47. The zero-order valence-electron chi connectivity index (χ0n) is 10.3. The second-order valence-corrected chi connectivity index (χ2v) is 5.23. The number of halogens is 1. The van der Waals surface area contributed by atoms with E-state index in [-0.39, 0.29) is 5.56 Å². The number of carbonyl (C=O) groups is 1. The van der Waals surface area contributed by atoms with E-state index in [4.69, 9.17) is 16.7 Å². The number of hydrogen-bond donors (Lipinski definition) is 2. The molecule has 0 amide bonds. The Morgan fingerprint density at radius 3 is 3.00 bits per heavy atom. The molecule has 0 radical (unpaired) electrons. The van der Waals surface area contributed by atoms with Gasteiger partial charge in [-0.1, -0.05) is 11.6 Å². The van der Waals surface area contributed by atoms with E-state index < -0.39 is 5.97 Å². The van der Waals surface area contributed by atoms with Gasteiger partial charge in [0, 0.05) is 23.8 Å². The Labute approximate surface area is 112 Å². The van der Waals surface area contributed by atoms with Crippen molar-refractivity contribution in [3.8, 4) is 0 Å². The van der Waals surface area contributed by atoms with E-state index in [1.807, 2.05) is 0 Å². The summed E-state index contributed by atoms with van der Waals surface area (Å²) in [6.07, 6.45) is 1.15. The molecule has 98 valence electrons. The summed E-state index contributed by atoms with van der Waals surface area (Å²) in [5.74, 6) is -0.379. The van der Waals surface area contributed by atoms with Gasteiger partial charge in [-0.15, -0.1) is 0 Å². The highest BCUT2D eigenvalue weighted by atomic mass is 35.5. The molecule has 1 aliphatic heterocycles. The molecule has 0 spiro atoms. The van der Waals surface area contributed by atoms with Crippen molar-refractivity contribution in [1.82, 2.24) is 4.90 Å². The van der Waals surface area contributed by atoms with Gasteiger partial charge in [0.05, 0.1) is 5.56 Å². The molecule has 0 bridgehead atoms. The minimum atomic E-state index is -0.955. The zero-order chi connectivity index (χ0) is 13.1. The van der Waals surface area contributed by atoms with Crippen molar-refractivity contribution in [3.05, 3.63) is 28.8 Å². The van der Waals surface area contributed by atoms with Crippen LogP contribution >= 0.6 is 11.6 Å². The van der Waals surface area contributed by atoms with Crippen molar-refractivity contribution in [2.45, 2.75) is 6.42 Å². The molecular formula is C13H17ClN2O2. The van der Waals surface area contributed by atoms with Gasteiger partial charge < -0.3 is 15.3 Å². The molecule has 1 aliphatic rings. The van der Waals surface area contributed by atoms with Crippen LogP contribution in [-0.2, 0) is 0 Å². The third-order valence-corrected chi connectivity index (χ3v) is 3.52. The van der Waals surface area contributed by atoms with Gasteiger partial charge in [0.25, 0.3) is 0 Å². The topological polar surface area (TPSA) is 52.6 Å². The predicted molar refractivity (Wildman–Crippen MR) is 72.5 cm³/mol. The maximum absolute atomic E-state index is 11.1. The molecule has 1 fully saturated rings. The van der Waals surface area contributed by atoms with Crippen LogP contribution < -0.4 is 5.32 Å². The predicted octanol–water partition coefficient (Wildman–Crippen LogP) is 2.40. The molecule has 2 N–H and O–H groups in total. The monoisotopic (exact) mass is 268 g/mol. The number of rotatable bonds is 4. The van der Waals surface area contributed by atoms with Crippen molar-refractivity contribution < 1.29 is 9.90 Å². The van der Waals surface area contributed by atoms with E-state index in [9.17, 15) is 4.79 Å². The second kappa shape index (κ2) is 5.59. The van der Waals surface area contributed by atoms with Gasteiger partial charge in [-0.2, -0.15) is 0 Å². The third kappa shape index (κ3) is 3.15. The number of carboxylic acids is 1. The fourth-order valence-electron chi connectivity index (χ4n) is 2.29. The van der Waals surface area contributed by atoms with Crippen LogP contribution in [0, 0.1) is 5.92 Å². The average Bonchev–Trinajstić information content (AvgIpc) is 2.73. The Morgan fingerprint density at radius 1 is 1.61 bits per heavy atom. The maximum Gasteiger partial charge on any atom is 0.337 e. The largest absolute Gasteiger partial charge is 0.478 e. The highest BCUT2D eigenvalue weighted by Gasteiger charge is 2.19. The maximum atomic E-state index is 11.1. The number of nitrogens with zero attached hydrogens (tertiary/aromatic N) is 1. The van der Waals surface area contributed by atoms with Gasteiger partial charge in [0.1, 0.15) is 0 Å². The quantitative estimate of drug-likeness (QED) is 0.881.